The van der Waals surface area contributed by atoms with Gasteiger partial charge in [-0.3, -0.25) is 4.68 Å². The summed E-state index contributed by atoms with van der Waals surface area (Å²) in [6.07, 6.45) is 8.29. The lowest BCUT2D eigenvalue weighted by Crippen LogP contribution is -2.38. The number of sulfonamides is 1. The van der Waals surface area contributed by atoms with Gasteiger partial charge in [-0.2, -0.15) is 9.40 Å². The minimum atomic E-state index is -3.43. The smallest absolute Gasteiger partial charge is 0.246 e. The first-order valence-corrected chi connectivity index (χ1v) is 8.20. The molecule has 1 aliphatic carbocycles. The first-order chi connectivity index (χ1) is 9.05. The van der Waals surface area contributed by atoms with E-state index in [9.17, 15) is 8.42 Å². The maximum absolute atomic E-state index is 12.5. The van der Waals surface area contributed by atoms with Gasteiger partial charge in [0.25, 0.3) is 0 Å². The molecule has 0 radical (unpaired) electrons. The number of nitrogens with zero attached hydrogens (tertiary/aromatic N) is 3. The molecular weight excluding hydrogens is 264 g/mol. The Balaban J connectivity index is 2.15. The van der Waals surface area contributed by atoms with E-state index in [0.717, 1.165) is 25.7 Å². The fraction of sp³-hybridized carbons (Fsp3) is 0.750. The summed E-state index contributed by atoms with van der Waals surface area (Å²) < 4.78 is 28.1. The Morgan fingerprint density at radius 2 is 2.11 bits per heavy atom. The highest BCUT2D eigenvalue weighted by atomic mass is 32.2. The molecule has 0 spiro atoms. The van der Waals surface area contributed by atoms with Gasteiger partial charge >= 0.3 is 0 Å². The molecule has 0 unspecified atom stereocenters. The van der Waals surface area contributed by atoms with Crippen LogP contribution in [0, 0.1) is 0 Å². The molecule has 0 aromatic carbocycles. The molecule has 2 N–H and O–H groups in total. The number of nitrogens with two attached hydrogens (primary N) is 1. The van der Waals surface area contributed by atoms with Crippen LogP contribution in [0.5, 0.6) is 0 Å². The second kappa shape index (κ2) is 6.02. The average Bonchev–Trinajstić information content (AvgIpc) is 2.89. The highest BCUT2D eigenvalue weighted by Gasteiger charge is 2.29. The summed E-state index contributed by atoms with van der Waals surface area (Å²) in [7, 11) is -1.75. The SMILES string of the molecule is CN(C1CCCCC1)S(=O)(=O)c1cnn(CCN)c1. The van der Waals surface area contributed by atoms with Crippen molar-refractivity contribution in [1.82, 2.24) is 14.1 Å². The molecule has 19 heavy (non-hydrogen) atoms. The Labute approximate surface area is 114 Å². The second-order valence-corrected chi connectivity index (χ2v) is 7.04. The molecular formula is C12H22N4O2S. The molecule has 0 amide bonds. The summed E-state index contributed by atoms with van der Waals surface area (Å²) in [6.45, 7) is 0.974. The minimum absolute atomic E-state index is 0.122. The molecule has 0 bridgehead atoms. The van der Waals surface area contributed by atoms with Crippen LogP contribution in [0.25, 0.3) is 0 Å². The van der Waals surface area contributed by atoms with Gasteiger partial charge in [0, 0.05) is 25.8 Å². The third-order valence-electron chi connectivity index (χ3n) is 3.73. The van der Waals surface area contributed by atoms with Crippen molar-refractivity contribution in [3.05, 3.63) is 12.4 Å². The van der Waals surface area contributed by atoms with Crippen LogP contribution in [-0.4, -0.2) is 42.1 Å². The lowest BCUT2D eigenvalue weighted by molar-refractivity contribution is 0.286. The topological polar surface area (TPSA) is 81.2 Å². The van der Waals surface area contributed by atoms with Crippen LogP contribution in [0.2, 0.25) is 0 Å². The molecule has 1 aromatic heterocycles. The Kier molecular flexibility index (Phi) is 4.59. The summed E-state index contributed by atoms with van der Waals surface area (Å²) in [5, 5.41) is 4.03. The van der Waals surface area contributed by atoms with Gasteiger partial charge in [-0.15, -0.1) is 0 Å². The van der Waals surface area contributed by atoms with Crippen molar-refractivity contribution in [1.29, 1.82) is 0 Å². The van der Waals surface area contributed by atoms with Crippen molar-refractivity contribution in [3.8, 4) is 0 Å². The molecule has 1 saturated carbocycles. The number of hydrogen-bond donors (Lipinski definition) is 1. The predicted octanol–water partition coefficient (Wildman–Crippen LogP) is 0.795. The fourth-order valence-electron chi connectivity index (χ4n) is 2.54. The van der Waals surface area contributed by atoms with Gasteiger partial charge in [-0.25, -0.2) is 8.42 Å². The monoisotopic (exact) mass is 286 g/mol. The van der Waals surface area contributed by atoms with Crippen LogP contribution < -0.4 is 5.73 Å². The van der Waals surface area contributed by atoms with E-state index in [-0.39, 0.29) is 10.9 Å². The molecule has 2 rings (SSSR count). The number of rotatable bonds is 5. The summed E-state index contributed by atoms with van der Waals surface area (Å²) in [4.78, 5) is 0.258. The van der Waals surface area contributed by atoms with Crippen LogP contribution in [-0.2, 0) is 16.6 Å². The van der Waals surface area contributed by atoms with Gasteiger partial charge < -0.3 is 5.73 Å². The summed E-state index contributed by atoms with van der Waals surface area (Å²) in [5.41, 5.74) is 5.43. The maximum atomic E-state index is 12.5. The minimum Gasteiger partial charge on any atom is -0.329 e. The van der Waals surface area contributed by atoms with Crippen molar-refractivity contribution < 1.29 is 8.42 Å². The molecule has 1 aliphatic rings. The zero-order chi connectivity index (χ0) is 13.9. The van der Waals surface area contributed by atoms with E-state index in [2.05, 4.69) is 5.10 Å². The van der Waals surface area contributed by atoms with E-state index in [1.165, 1.54) is 16.9 Å². The molecule has 0 atom stereocenters. The first-order valence-electron chi connectivity index (χ1n) is 6.76. The number of aromatic nitrogens is 2. The van der Waals surface area contributed by atoms with Crippen LogP contribution in [0.1, 0.15) is 32.1 Å². The standard InChI is InChI=1S/C12H22N4O2S/c1-15(11-5-3-2-4-6-11)19(17,18)12-9-14-16(10-12)8-7-13/h9-11H,2-8,13H2,1H3. The molecule has 108 valence electrons. The van der Waals surface area contributed by atoms with Gasteiger partial charge in [0.15, 0.2) is 0 Å². The summed E-state index contributed by atoms with van der Waals surface area (Å²) in [5.74, 6) is 0. The maximum Gasteiger partial charge on any atom is 0.246 e. The van der Waals surface area contributed by atoms with Crippen LogP contribution in [0.4, 0.5) is 0 Å². The Morgan fingerprint density at radius 3 is 2.74 bits per heavy atom. The second-order valence-electron chi connectivity index (χ2n) is 5.04. The normalized spacial score (nSPS) is 18.1. The van der Waals surface area contributed by atoms with E-state index in [0.29, 0.717) is 13.1 Å². The molecule has 1 aromatic rings. The van der Waals surface area contributed by atoms with Gasteiger partial charge in [0.1, 0.15) is 4.90 Å². The molecule has 7 heteroatoms. The van der Waals surface area contributed by atoms with Gasteiger partial charge in [-0.05, 0) is 12.8 Å². The van der Waals surface area contributed by atoms with Crippen LogP contribution >= 0.6 is 0 Å². The van der Waals surface area contributed by atoms with Crippen molar-refractivity contribution in [2.24, 2.45) is 5.73 Å². The van der Waals surface area contributed by atoms with E-state index in [1.807, 2.05) is 0 Å². The number of hydrogen-bond acceptors (Lipinski definition) is 4. The third kappa shape index (κ3) is 3.16. The van der Waals surface area contributed by atoms with Crippen molar-refractivity contribution in [3.63, 3.8) is 0 Å². The van der Waals surface area contributed by atoms with Crippen LogP contribution in [0.15, 0.2) is 17.3 Å². The zero-order valence-corrected chi connectivity index (χ0v) is 12.1. The Hall–Kier alpha value is -0.920. The highest BCUT2D eigenvalue weighted by molar-refractivity contribution is 7.89. The summed E-state index contributed by atoms with van der Waals surface area (Å²) in [6, 6.07) is 0.122. The molecule has 1 heterocycles. The van der Waals surface area contributed by atoms with E-state index in [1.54, 1.807) is 17.9 Å². The molecule has 0 aliphatic heterocycles. The summed E-state index contributed by atoms with van der Waals surface area (Å²) >= 11 is 0. The molecule has 0 saturated heterocycles. The fourth-order valence-corrected chi connectivity index (χ4v) is 3.91. The lowest BCUT2D eigenvalue weighted by atomic mass is 9.96. The highest BCUT2D eigenvalue weighted by Crippen LogP contribution is 2.26. The zero-order valence-electron chi connectivity index (χ0n) is 11.3. The largest absolute Gasteiger partial charge is 0.329 e. The Morgan fingerprint density at radius 1 is 1.42 bits per heavy atom. The van der Waals surface area contributed by atoms with Crippen molar-refractivity contribution in [2.75, 3.05) is 13.6 Å². The van der Waals surface area contributed by atoms with Crippen molar-refractivity contribution >= 4 is 10.0 Å². The van der Waals surface area contributed by atoms with E-state index in [4.69, 9.17) is 5.73 Å². The van der Waals surface area contributed by atoms with Crippen molar-refractivity contribution in [2.45, 2.75) is 49.6 Å². The first kappa shape index (κ1) is 14.5. The molecule has 1 fully saturated rings. The van der Waals surface area contributed by atoms with Gasteiger partial charge in [0.2, 0.25) is 10.0 Å². The van der Waals surface area contributed by atoms with Gasteiger partial charge in [-0.1, -0.05) is 19.3 Å². The van der Waals surface area contributed by atoms with Gasteiger partial charge in [0.05, 0.1) is 12.7 Å². The predicted molar refractivity (Wildman–Crippen MR) is 73.1 cm³/mol. The quantitative estimate of drug-likeness (QED) is 0.868. The lowest BCUT2D eigenvalue weighted by Gasteiger charge is -2.29. The third-order valence-corrected chi connectivity index (χ3v) is 5.60. The van der Waals surface area contributed by atoms with Crippen LogP contribution in [0.3, 0.4) is 0 Å². The Bertz CT molecular complexity index is 506. The van der Waals surface area contributed by atoms with E-state index >= 15 is 0 Å². The van der Waals surface area contributed by atoms with E-state index < -0.39 is 10.0 Å². The average molecular weight is 286 g/mol. The molecule has 6 nitrogen and oxygen atoms in total.